The van der Waals surface area contributed by atoms with Crippen molar-refractivity contribution in [2.75, 3.05) is 13.1 Å². The minimum Gasteiger partial charge on any atom is -0.480 e. The van der Waals surface area contributed by atoms with E-state index in [9.17, 15) is 14.7 Å². The summed E-state index contributed by atoms with van der Waals surface area (Å²) in [6, 6.07) is 8.08. The molecule has 1 amide bonds. The SMILES string of the molecule is CCCCCCCC/C=C/CCCCCCCCNC(CCCCN)C(=O)NC(Cc1ccccc1)C(=O)O. The van der Waals surface area contributed by atoms with Crippen LogP contribution in [0.5, 0.6) is 0 Å². The van der Waals surface area contributed by atoms with Gasteiger partial charge in [0.15, 0.2) is 0 Å². The standard InChI is InChI=1S/C33H57N3O3/c1-2-3-4-5-6-7-8-9-10-11-12-13-14-15-16-22-27-35-30(25-20-21-26-34)32(37)36-31(33(38)39)28-29-23-18-17-19-24-29/h9-10,17-19,23-24,30-31,35H,2-8,11-16,20-22,25-28,34H2,1H3,(H,36,37)(H,38,39)/b10-9+. The number of carboxylic acids is 1. The first kappa shape index (κ1) is 34.8. The first-order valence-electron chi connectivity index (χ1n) is 15.7. The summed E-state index contributed by atoms with van der Waals surface area (Å²) in [6.07, 6.45) is 25.1. The van der Waals surface area contributed by atoms with Crippen LogP contribution in [0.3, 0.4) is 0 Å². The lowest BCUT2D eigenvalue weighted by molar-refractivity contribution is -0.142. The van der Waals surface area contributed by atoms with Gasteiger partial charge >= 0.3 is 5.97 Å². The smallest absolute Gasteiger partial charge is 0.326 e. The molecule has 0 fully saturated rings. The fourth-order valence-corrected chi connectivity index (χ4v) is 4.79. The maximum atomic E-state index is 13.0. The summed E-state index contributed by atoms with van der Waals surface area (Å²) in [4.78, 5) is 24.8. The zero-order valence-corrected chi connectivity index (χ0v) is 24.7. The summed E-state index contributed by atoms with van der Waals surface area (Å²) in [5.74, 6) is -1.25. The number of carbonyl (C=O) groups is 2. The molecular weight excluding hydrogens is 486 g/mol. The normalized spacial score (nSPS) is 13.0. The Morgan fingerprint density at radius 3 is 1.97 bits per heavy atom. The van der Waals surface area contributed by atoms with E-state index in [1.165, 1.54) is 77.0 Å². The van der Waals surface area contributed by atoms with Crippen LogP contribution in [0, 0.1) is 0 Å². The van der Waals surface area contributed by atoms with Crippen molar-refractivity contribution in [3.05, 3.63) is 48.0 Å². The summed E-state index contributed by atoms with van der Waals surface area (Å²) in [5.41, 5.74) is 6.53. The molecule has 0 aromatic heterocycles. The minimum absolute atomic E-state index is 0.236. The Hall–Kier alpha value is -2.18. The number of hydrogen-bond donors (Lipinski definition) is 4. The number of carbonyl (C=O) groups excluding carboxylic acids is 1. The lowest BCUT2D eigenvalue weighted by atomic mass is 10.0. The summed E-state index contributed by atoms with van der Waals surface area (Å²) >= 11 is 0. The van der Waals surface area contributed by atoms with Gasteiger partial charge in [0.1, 0.15) is 6.04 Å². The molecule has 222 valence electrons. The molecule has 1 aromatic rings. The van der Waals surface area contributed by atoms with Crippen LogP contribution in [0.15, 0.2) is 42.5 Å². The van der Waals surface area contributed by atoms with Crippen LogP contribution in [-0.2, 0) is 16.0 Å². The van der Waals surface area contributed by atoms with E-state index in [4.69, 9.17) is 5.73 Å². The maximum absolute atomic E-state index is 13.0. The molecule has 0 bridgehead atoms. The molecule has 0 saturated heterocycles. The Labute approximate surface area is 238 Å². The molecule has 39 heavy (non-hydrogen) atoms. The van der Waals surface area contributed by atoms with Crippen molar-refractivity contribution in [1.29, 1.82) is 0 Å². The molecule has 0 saturated carbocycles. The predicted octanol–water partition coefficient (Wildman–Crippen LogP) is 6.92. The maximum Gasteiger partial charge on any atom is 0.326 e. The zero-order valence-electron chi connectivity index (χ0n) is 24.7. The van der Waals surface area contributed by atoms with Crippen molar-refractivity contribution in [3.63, 3.8) is 0 Å². The Morgan fingerprint density at radius 1 is 0.795 bits per heavy atom. The molecule has 6 nitrogen and oxygen atoms in total. The fourth-order valence-electron chi connectivity index (χ4n) is 4.79. The lowest BCUT2D eigenvalue weighted by Crippen LogP contribution is -2.51. The van der Waals surface area contributed by atoms with E-state index >= 15 is 0 Å². The van der Waals surface area contributed by atoms with Gasteiger partial charge in [-0.2, -0.15) is 0 Å². The molecule has 1 rings (SSSR count). The van der Waals surface area contributed by atoms with Gasteiger partial charge in [0.25, 0.3) is 0 Å². The van der Waals surface area contributed by atoms with E-state index < -0.39 is 18.1 Å². The third-order valence-electron chi connectivity index (χ3n) is 7.24. The second kappa shape index (κ2) is 24.8. The molecule has 2 unspecified atom stereocenters. The van der Waals surface area contributed by atoms with Gasteiger partial charge in [0, 0.05) is 6.42 Å². The Bertz CT molecular complexity index is 754. The van der Waals surface area contributed by atoms with Gasteiger partial charge < -0.3 is 21.5 Å². The van der Waals surface area contributed by atoms with Gasteiger partial charge in [-0.05, 0) is 63.6 Å². The highest BCUT2D eigenvalue weighted by Gasteiger charge is 2.25. The number of carboxylic acid groups (broad SMARTS) is 1. The van der Waals surface area contributed by atoms with Crippen molar-refractivity contribution in [2.45, 2.75) is 135 Å². The van der Waals surface area contributed by atoms with E-state index in [0.717, 1.165) is 37.8 Å². The quantitative estimate of drug-likeness (QED) is 0.0750. The van der Waals surface area contributed by atoms with Gasteiger partial charge in [0.2, 0.25) is 5.91 Å². The van der Waals surface area contributed by atoms with Crippen LogP contribution >= 0.6 is 0 Å². The second-order valence-corrected chi connectivity index (χ2v) is 10.8. The average Bonchev–Trinajstić information content (AvgIpc) is 2.93. The molecule has 0 radical (unpaired) electrons. The monoisotopic (exact) mass is 543 g/mol. The van der Waals surface area contributed by atoms with Crippen LogP contribution in [0.4, 0.5) is 0 Å². The molecule has 2 atom stereocenters. The Balaban J connectivity index is 2.21. The predicted molar refractivity (Wildman–Crippen MR) is 164 cm³/mol. The van der Waals surface area contributed by atoms with E-state index in [1.54, 1.807) is 0 Å². The van der Waals surface area contributed by atoms with Gasteiger partial charge in [0.05, 0.1) is 6.04 Å². The molecule has 5 N–H and O–H groups in total. The minimum atomic E-state index is -1.01. The molecule has 0 spiro atoms. The van der Waals surface area contributed by atoms with Gasteiger partial charge in [-0.25, -0.2) is 4.79 Å². The average molecular weight is 544 g/mol. The first-order chi connectivity index (χ1) is 19.1. The summed E-state index contributed by atoms with van der Waals surface area (Å²) in [5, 5.41) is 15.8. The van der Waals surface area contributed by atoms with Crippen molar-refractivity contribution < 1.29 is 14.7 Å². The molecule has 0 aliphatic heterocycles. The van der Waals surface area contributed by atoms with Crippen LogP contribution in [0.25, 0.3) is 0 Å². The number of nitrogens with two attached hydrogens (primary N) is 1. The molecule has 6 heteroatoms. The fraction of sp³-hybridized carbons (Fsp3) is 0.697. The van der Waals surface area contributed by atoms with Crippen molar-refractivity contribution in [1.82, 2.24) is 10.6 Å². The van der Waals surface area contributed by atoms with Gasteiger partial charge in [-0.15, -0.1) is 0 Å². The summed E-state index contributed by atoms with van der Waals surface area (Å²) in [6.45, 7) is 3.62. The highest BCUT2D eigenvalue weighted by atomic mass is 16.4. The third kappa shape index (κ3) is 19.5. The van der Waals surface area contributed by atoms with E-state index in [1.807, 2.05) is 30.3 Å². The van der Waals surface area contributed by atoms with Gasteiger partial charge in [-0.1, -0.05) is 114 Å². The molecule has 0 aliphatic carbocycles. The zero-order chi connectivity index (χ0) is 28.4. The van der Waals surface area contributed by atoms with Crippen LogP contribution in [0.2, 0.25) is 0 Å². The Morgan fingerprint density at radius 2 is 1.38 bits per heavy atom. The highest BCUT2D eigenvalue weighted by Crippen LogP contribution is 2.11. The number of aliphatic carboxylic acids is 1. The number of allylic oxidation sites excluding steroid dienone is 2. The molecular formula is C33H57N3O3. The number of nitrogens with one attached hydrogen (secondary N) is 2. The summed E-state index contributed by atoms with van der Waals surface area (Å²) in [7, 11) is 0. The van der Waals surface area contributed by atoms with E-state index in [0.29, 0.717) is 13.0 Å². The highest BCUT2D eigenvalue weighted by molar-refractivity contribution is 5.87. The number of unbranched alkanes of at least 4 members (excludes halogenated alkanes) is 13. The molecule has 0 aliphatic rings. The van der Waals surface area contributed by atoms with Crippen molar-refractivity contribution in [2.24, 2.45) is 5.73 Å². The summed E-state index contributed by atoms with van der Waals surface area (Å²) < 4.78 is 0. The van der Waals surface area contributed by atoms with Crippen molar-refractivity contribution >= 4 is 11.9 Å². The Kier molecular flexibility index (Phi) is 22.2. The third-order valence-corrected chi connectivity index (χ3v) is 7.24. The van der Waals surface area contributed by atoms with Crippen LogP contribution < -0.4 is 16.4 Å². The van der Waals surface area contributed by atoms with Crippen LogP contribution in [0.1, 0.15) is 122 Å². The second-order valence-electron chi connectivity index (χ2n) is 10.8. The molecule has 0 heterocycles. The topological polar surface area (TPSA) is 104 Å². The number of hydrogen-bond acceptors (Lipinski definition) is 4. The lowest BCUT2D eigenvalue weighted by Gasteiger charge is -2.22. The number of amides is 1. The number of benzene rings is 1. The molecule has 1 aromatic carbocycles. The van der Waals surface area contributed by atoms with Crippen LogP contribution in [-0.4, -0.2) is 42.2 Å². The number of rotatable bonds is 26. The van der Waals surface area contributed by atoms with E-state index in [2.05, 4.69) is 29.7 Å². The largest absolute Gasteiger partial charge is 0.480 e. The van der Waals surface area contributed by atoms with Crippen molar-refractivity contribution in [3.8, 4) is 0 Å². The van der Waals surface area contributed by atoms with Gasteiger partial charge in [-0.3, -0.25) is 4.79 Å². The first-order valence-corrected chi connectivity index (χ1v) is 15.7. The van der Waals surface area contributed by atoms with E-state index in [-0.39, 0.29) is 12.3 Å².